The number of oxime groups is 1. The molecular weight excluding hydrogens is 233 g/mol. The molecule has 1 heterocycles. The maximum Gasteiger partial charge on any atom is 0.123 e. The Morgan fingerprint density at radius 2 is 2.11 bits per heavy atom. The lowest BCUT2D eigenvalue weighted by Crippen LogP contribution is -2.33. The van der Waals surface area contributed by atoms with Crippen molar-refractivity contribution in [2.24, 2.45) is 5.16 Å². The first-order chi connectivity index (χ1) is 8.72. The largest absolute Gasteiger partial charge is 0.411 e. The fourth-order valence-electron chi connectivity index (χ4n) is 2.11. The second-order valence-corrected chi connectivity index (χ2v) is 4.36. The number of likely N-dealkylation sites (tertiary alicyclic amines) is 1. The van der Waals surface area contributed by atoms with Crippen LogP contribution in [0.3, 0.4) is 0 Å². The lowest BCUT2D eigenvalue weighted by atomic mass is 10.0. The molecule has 94 valence electrons. The van der Waals surface area contributed by atoms with Crippen molar-refractivity contribution >= 4 is 5.71 Å². The Balaban J connectivity index is 2.06. The summed E-state index contributed by atoms with van der Waals surface area (Å²) in [6, 6.07) is 6.30. The van der Waals surface area contributed by atoms with Crippen LogP contribution in [0, 0.1) is 17.1 Å². The van der Waals surface area contributed by atoms with Gasteiger partial charge in [0.25, 0.3) is 0 Å². The molecule has 0 bridgehead atoms. The van der Waals surface area contributed by atoms with Gasteiger partial charge in [0.2, 0.25) is 0 Å². The number of nitriles is 1. The third kappa shape index (κ3) is 2.84. The molecule has 1 aromatic rings. The molecule has 0 atom stereocenters. The van der Waals surface area contributed by atoms with Crippen LogP contribution in [0.1, 0.15) is 24.0 Å². The molecule has 0 unspecified atom stereocenters. The van der Waals surface area contributed by atoms with Crippen LogP contribution in [0.25, 0.3) is 0 Å². The maximum atomic E-state index is 13.2. The molecule has 0 aromatic heterocycles. The first-order valence-electron chi connectivity index (χ1n) is 5.83. The number of rotatable bonds is 2. The lowest BCUT2D eigenvalue weighted by Gasteiger charge is -2.27. The molecule has 1 aromatic carbocycles. The molecule has 1 aliphatic heterocycles. The standard InChI is InChI=1S/C13H14FN3O/c14-12-2-1-10(8-15)11(7-12)9-17-5-3-13(16-18)4-6-17/h1-2,7,18H,3-6,9H2. The molecule has 1 N–H and O–H groups in total. The van der Waals surface area contributed by atoms with E-state index in [-0.39, 0.29) is 5.82 Å². The average Bonchev–Trinajstić information content (AvgIpc) is 2.40. The van der Waals surface area contributed by atoms with E-state index in [1.165, 1.54) is 18.2 Å². The molecule has 18 heavy (non-hydrogen) atoms. The predicted molar refractivity (Wildman–Crippen MR) is 64.8 cm³/mol. The predicted octanol–water partition coefficient (Wildman–Crippen LogP) is 2.12. The van der Waals surface area contributed by atoms with Gasteiger partial charge < -0.3 is 5.21 Å². The van der Waals surface area contributed by atoms with Crippen molar-refractivity contribution in [2.45, 2.75) is 19.4 Å². The van der Waals surface area contributed by atoms with Crippen molar-refractivity contribution < 1.29 is 9.60 Å². The highest BCUT2D eigenvalue weighted by Gasteiger charge is 2.16. The molecular formula is C13H14FN3O. The summed E-state index contributed by atoms with van der Waals surface area (Å²) in [5, 5.41) is 20.9. The highest BCUT2D eigenvalue weighted by Crippen LogP contribution is 2.16. The van der Waals surface area contributed by atoms with Gasteiger partial charge in [-0.3, -0.25) is 4.90 Å². The molecule has 1 aliphatic rings. The summed E-state index contributed by atoms with van der Waals surface area (Å²) in [5.41, 5.74) is 2.02. The zero-order valence-electron chi connectivity index (χ0n) is 9.93. The fourth-order valence-corrected chi connectivity index (χ4v) is 2.11. The smallest absolute Gasteiger partial charge is 0.123 e. The van der Waals surface area contributed by atoms with Crippen molar-refractivity contribution in [1.82, 2.24) is 4.90 Å². The SMILES string of the molecule is N#Cc1ccc(F)cc1CN1CCC(=NO)CC1. The topological polar surface area (TPSA) is 59.6 Å². The van der Waals surface area contributed by atoms with Crippen LogP contribution in [-0.2, 0) is 6.54 Å². The zero-order chi connectivity index (χ0) is 13.0. The Morgan fingerprint density at radius 1 is 1.39 bits per heavy atom. The van der Waals surface area contributed by atoms with Crippen molar-refractivity contribution in [3.05, 3.63) is 35.1 Å². The lowest BCUT2D eigenvalue weighted by molar-refractivity contribution is 0.256. The highest BCUT2D eigenvalue weighted by molar-refractivity contribution is 5.84. The van der Waals surface area contributed by atoms with E-state index in [9.17, 15) is 4.39 Å². The summed E-state index contributed by atoms with van der Waals surface area (Å²) in [4.78, 5) is 2.13. The van der Waals surface area contributed by atoms with Gasteiger partial charge in [0, 0.05) is 32.5 Å². The Labute approximate surface area is 105 Å². The molecule has 4 nitrogen and oxygen atoms in total. The fraction of sp³-hybridized carbons (Fsp3) is 0.385. The second-order valence-electron chi connectivity index (χ2n) is 4.36. The molecule has 0 radical (unpaired) electrons. The number of piperidine rings is 1. The van der Waals surface area contributed by atoms with Crippen molar-refractivity contribution in [2.75, 3.05) is 13.1 Å². The maximum absolute atomic E-state index is 13.2. The second kappa shape index (κ2) is 5.61. The van der Waals surface area contributed by atoms with Gasteiger partial charge in [0.15, 0.2) is 0 Å². The average molecular weight is 247 g/mol. The quantitative estimate of drug-likeness (QED) is 0.643. The molecule has 0 amide bonds. The molecule has 5 heteroatoms. The zero-order valence-corrected chi connectivity index (χ0v) is 9.93. The monoisotopic (exact) mass is 247 g/mol. The number of nitrogens with zero attached hydrogens (tertiary/aromatic N) is 3. The normalized spacial score (nSPS) is 16.3. The van der Waals surface area contributed by atoms with Crippen LogP contribution in [0.4, 0.5) is 4.39 Å². The van der Waals surface area contributed by atoms with Crippen LogP contribution in [0.5, 0.6) is 0 Å². The number of benzene rings is 1. The summed E-state index contributed by atoms with van der Waals surface area (Å²) in [7, 11) is 0. The Bertz CT molecular complexity index is 497. The summed E-state index contributed by atoms with van der Waals surface area (Å²) in [6.45, 7) is 2.08. The summed E-state index contributed by atoms with van der Waals surface area (Å²) >= 11 is 0. The van der Waals surface area contributed by atoms with Gasteiger partial charge >= 0.3 is 0 Å². The van der Waals surface area contributed by atoms with E-state index >= 15 is 0 Å². The molecule has 1 saturated heterocycles. The Kier molecular flexibility index (Phi) is 3.90. The van der Waals surface area contributed by atoms with Gasteiger partial charge in [-0.05, 0) is 23.8 Å². The Hall–Kier alpha value is -1.93. The van der Waals surface area contributed by atoms with Crippen molar-refractivity contribution in [3.63, 3.8) is 0 Å². The van der Waals surface area contributed by atoms with E-state index in [1.807, 2.05) is 0 Å². The van der Waals surface area contributed by atoms with Crippen LogP contribution in [-0.4, -0.2) is 28.9 Å². The summed E-state index contributed by atoms with van der Waals surface area (Å²) in [5.74, 6) is -0.321. The molecule has 0 saturated carbocycles. The van der Waals surface area contributed by atoms with Gasteiger partial charge in [0.1, 0.15) is 5.82 Å². The van der Waals surface area contributed by atoms with Crippen LogP contribution < -0.4 is 0 Å². The van der Waals surface area contributed by atoms with E-state index in [0.717, 1.165) is 18.8 Å². The first-order valence-corrected chi connectivity index (χ1v) is 5.83. The van der Waals surface area contributed by atoms with Gasteiger partial charge in [-0.2, -0.15) is 5.26 Å². The molecule has 2 rings (SSSR count). The number of hydrogen-bond donors (Lipinski definition) is 1. The highest BCUT2D eigenvalue weighted by atomic mass is 19.1. The van der Waals surface area contributed by atoms with Gasteiger partial charge in [0.05, 0.1) is 17.3 Å². The van der Waals surface area contributed by atoms with Gasteiger partial charge in [-0.1, -0.05) is 5.16 Å². The third-order valence-corrected chi connectivity index (χ3v) is 3.16. The van der Waals surface area contributed by atoms with Crippen molar-refractivity contribution in [3.8, 4) is 6.07 Å². The van der Waals surface area contributed by atoms with Gasteiger partial charge in [-0.25, -0.2) is 4.39 Å². The van der Waals surface area contributed by atoms with Gasteiger partial charge in [-0.15, -0.1) is 0 Å². The van der Waals surface area contributed by atoms with E-state index < -0.39 is 0 Å². The molecule has 0 spiro atoms. The van der Waals surface area contributed by atoms with Crippen molar-refractivity contribution in [1.29, 1.82) is 5.26 Å². The van der Waals surface area contributed by atoms with Crippen LogP contribution in [0.15, 0.2) is 23.4 Å². The first kappa shape index (κ1) is 12.5. The number of hydrogen-bond acceptors (Lipinski definition) is 4. The van der Waals surface area contributed by atoms with E-state index in [1.54, 1.807) is 0 Å². The summed E-state index contributed by atoms with van der Waals surface area (Å²) in [6.07, 6.45) is 1.43. The minimum Gasteiger partial charge on any atom is -0.411 e. The minimum atomic E-state index is -0.321. The summed E-state index contributed by atoms with van der Waals surface area (Å²) < 4.78 is 13.2. The third-order valence-electron chi connectivity index (χ3n) is 3.16. The number of halogens is 1. The minimum absolute atomic E-state index is 0.321. The van der Waals surface area contributed by atoms with E-state index in [4.69, 9.17) is 10.5 Å². The molecule has 1 fully saturated rings. The molecule has 0 aliphatic carbocycles. The Morgan fingerprint density at radius 3 is 2.72 bits per heavy atom. The van der Waals surface area contributed by atoms with E-state index in [2.05, 4.69) is 16.1 Å². The van der Waals surface area contributed by atoms with E-state index in [0.29, 0.717) is 30.5 Å². The van der Waals surface area contributed by atoms with Crippen LogP contribution >= 0.6 is 0 Å². The van der Waals surface area contributed by atoms with Crippen LogP contribution in [0.2, 0.25) is 0 Å².